The van der Waals surface area contributed by atoms with Crippen molar-refractivity contribution in [1.82, 2.24) is 14.4 Å². The number of imidazole rings is 1. The van der Waals surface area contributed by atoms with Gasteiger partial charge in [-0.3, -0.25) is 4.40 Å². The molecule has 90 valence electrons. The van der Waals surface area contributed by atoms with Crippen molar-refractivity contribution in [2.75, 3.05) is 0 Å². The molecule has 0 amide bonds. The van der Waals surface area contributed by atoms with Crippen molar-refractivity contribution in [3.05, 3.63) is 50.4 Å². The van der Waals surface area contributed by atoms with E-state index in [4.69, 9.17) is 23.2 Å². The molecule has 0 aliphatic carbocycles. The van der Waals surface area contributed by atoms with Gasteiger partial charge in [0.15, 0.2) is 5.65 Å². The Bertz CT molecular complexity index is 722. The monoisotopic (exact) mass is 389 g/mol. The summed E-state index contributed by atoms with van der Waals surface area (Å²) in [4.78, 5) is 8.53. The van der Waals surface area contributed by atoms with Crippen LogP contribution in [-0.4, -0.2) is 14.4 Å². The summed E-state index contributed by atoms with van der Waals surface area (Å²) < 4.78 is 2.94. The van der Waals surface area contributed by atoms with E-state index in [1.165, 1.54) is 3.57 Å². The lowest BCUT2D eigenvalue weighted by atomic mass is 10.2. The van der Waals surface area contributed by atoms with Crippen LogP contribution in [-0.2, 0) is 0 Å². The molecule has 2 aromatic heterocycles. The van der Waals surface area contributed by atoms with E-state index in [1.54, 1.807) is 16.7 Å². The number of halogens is 3. The van der Waals surface area contributed by atoms with Crippen molar-refractivity contribution in [3.8, 4) is 11.4 Å². The van der Waals surface area contributed by atoms with Crippen LogP contribution >= 0.6 is 45.8 Å². The Labute approximate surface area is 127 Å². The minimum Gasteiger partial charge on any atom is -0.266 e. The summed E-state index contributed by atoms with van der Waals surface area (Å²) in [7, 11) is 0. The Morgan fingerprint density at radius 3 is 2.56 bits per heavy atom. The normalized spacial score (nSPS) is 11.1. The van der Waals surface area contributed by atoms with Gasteiger partial charge in [0.25, 0.3) is 0 Å². The van der Waals surface area contributed by atoms with Gasteiger partial charge < -0.3 is 0 Å². The molecule has 0 atom stereocenters. The van der Waals surface area contributed by atoms with Gasteiger partial charge in [-0.25, -0.2) is 9.97 Å². The van der Waals surface area contributed by atoms with Gasteiger partial charge in [-0.2, -0.15) is 0 Å². The largest absolute Gasteiger partial charge is 0.266 e. The molecule has 0 bridgehead atoms. The zero-order valence-corrected chi connectivity index (χ0v) is 12.6. The third-order valence-corrected chi connectivity index (χ3v) is 3.71. The Morgan fingerprint density at radius 2 is 1.83 bits per heavy atom. The SMILES string of the molecule is Clc1cc(Cl)n2c(-c3ccc(I)cc3)ncc2n1. The van der Waals surface area contributed by atoms with Crippen LogP contribution in [0.1, 0.15) is 0 Å². The molecule has 3 nitrogen and oxygen atoms in total. The van der Waals surface area contributed by atoms with Gasteiger partial charge in [0.05, 0.1) is 6.20 Å². The van der Waals surface area contributed by atoms with E-state index < -0.39 is 0 Å². The first-order chi connectivity index (χ1) is 8.65. The molecule has 18 heavy (non-hydrogen) atoms. The first kappa shape index (κ1) is 12.2. The fraction of sp³-hybridized carbons (Fsp3) is 0. The molecule has 0 aliphatic rings. The van der Waals surface area contributed by atoms with Crippen molar-refractivity contribution in [3.63, 3.8) is 0 Å². The van der Waals surface area contributed by atoms with E-state index in [-0.39, 0.29) is 0 Å². The average molecular weight is 390 g/mol. The molecule has 0 saturated heterocycles. The Balaban J connectivity index is 2.27. The Morgan fingerprint density at radius 1 is 1.11 bits per heavy atom. The van der Waals surface area contributed by atoms with Crippen molar-refractivity contribution in [2.24, 2.45) is 0 Å². The fourth-order valence-electron chi connectivity index (χ4n) is 1.74. The predicted octanol–water partition coefficient (Wildman–Crippen LogP) is 4.31. The van der Waals surface area contributed by atoms with Crippen molar-refractivity contribution in [1.29, 1.82) is 0 Å². The van der Waals surface area contributed by atoms with Crippen LogP contribution < -0.4 is 0 Å². The summed E-state index contributed by atoms with van der Waals surface area (Å²) in [5.41, 5.74) is 1.63. The number of fused-ring (bicyclic) bond motifs is 1. The van der Waals surface area contributed by atoms with Gasteiger partial charge in [-0.05, 0) is 34.7 Å². The third kappa shape index (κ3) is 2.08. The van der Waals surface area contributed by atoms with E-state index >= 15 is 0 Å². The summed E-state index contributed by atoms with van der Waals surface area (Å²) >= 11 is 14.3. The molecule has 3 aromatic rings. The first-order valence-electron chi connectivity index (χ1n) is 5.10. The summed E-state index contributed by atoms with van der Waals surface area (Å²) in [6, 6.07) is 9.65. The smallest absolute Gasteiger partial charge is 0.159 e. The van der Waals surface area contributed by atoms with E-state index in [1.807, 2.05) is 24.3 Å². The fourth-order valence-corrected chi connectivity index (χ4v) is 2.61. The number of nitrogens with zero attached hydrogens (tertiary/aromatic N) is 3. The topological polar surface area (TPSA) is 30.2 Å². The molecule has 0 N–H and O–H groups in total. The molecule has 6 heteroatoms. The molecule has 0 fully saturated rings. The minimum absolute atomic E-state index is 0.363. The quantitative estimate of drug-likeness (QED) is 0.458. The zero-order valence-electron chi connectivity index (χ0n) is 8.94. The molecule has 0 aliphatic heterocycles. The molecule has 0 radical (unpaired) electrons. The number of hydrogen-bond acceptors (Lipinski definition) is 2. The van der Waals surface area contributed by atoms with Crippen LogP contribution in [0.4, 0.5) is 0 Å². The van der Waals surface area contributed by atoms with Gasteiger partial charge in [0, 0.05) is 15.2 Å². The zero-order chi connectivity index (χ0) is 12.7. The molecular formula is C12H6Cl2IN3. The molecule has 0 saturated carbocycles. The van der Waals surface area contributed by atoms with Gasteiger partial charge >= 0.3 is 0 Å². The third-order valence-electron chi connectivity index (χ3n) is 2.52. The van der Waals surface area contributed by atoms with Crippen LogP contribution in [0, 0.1) is 3.57 Å². The van der Waals surface area contributed by atoms with E-state index in [2.05, 4.69) is 32.6 Å². The van der Waals surface area contributed by atoms with Crippen molar-refractivity contribution < 1.29 is 0 Å². The summed E-state index contributed by atoms with van der Waals surface area (Å²) in [5, 5.41) is 0.859. The molecular weight excluding hydrogens is 384 g/mol. The second-order valence-electron chi connectivity index (χ2n) is 3.68. The molecule has 2 heterocycles. The van der Waals surface area contributed by atoms with Crippen molar-refractivity contribution in [2.45, 2.75) is 0 Å². The minimum atomic E-state index is 0.363. The lowest BCUT2D eigenvalue weighted by Crippen LogP contribution is -1.93. The number of rotatable bonds is 1. The number of hydrogen-bond donors (Lipinski definition) is 0. The highest BCUT2D eigenvalue weighted by Gasteiger charge is 2.11. The first-order valence-corrected chi connectivity index (χ1v) is 6.94. The van der Waals surface area contributed by atoms with Crippen LogP contribution in [0.5, 0.6) is 0 Å². The maximum atomic E-state index is 6.19. The van der Waals surface area contributed by atoms with Crippen LogP contribution in [0.3, 0.4) is 0 Å². The lowest BCUT2D eigenvalue weighted by molar-refractivity contribution is 1.12. The highest BCUT2D eigenvalue weighted by Crippen LogP contribution is 2.25. The second-order valence-corrected chi connectivity index (χ2v) is 5.70. The summed E-state index contributed by atoms with van der Waals surface area (Å²) in [6.45, 7) is 0. The van der Waals surface area contributed by atoms with E-state index in [0.29, 0.717) is 16.0 Å². The molecule has 0 spiro atoms. The number of benzene rings is 1. The van der Waals surface area contributed by atoms with E-state index in [9.17, 15) is 0 Å². The van der Waals surface area contributed by atoms with Crippen LogP contribution in [0.15, 0.2) is 36.5 Å². The summed E-state index contributed by atoms with van der Waals surface area (Å²) in [5.74, 6) is 0.760. The standard InChI is InChI=1S/C12H6Cl2IN3/c13-9-5-10(14)18-11(17-9)6-16-12(18)7-1-3-8(15)4-2-7/h1-6H. The van der Waals surface area contributed by atoms with E-state index in [0.717, 1.165) is 11.4 Å². The maximum Gasteiger partial charge on any atom is 0.159 e. The predicted molar refractivity (Wildman–Crippen MR) is 81.2 cm³/mol. The molecule has 0 unspecified atom stereocenters. The van der Waals surface area contributed by atoms with Gasteiger partial charge in [0.1, 0.15) is 16.1 Å². The highest BCUT2D eigenvalue weighted by atomic mass is 127. The van der Waals surface area contributed by atoms with Crippen LogP contribution in [0.25, 0.3) is 17.0 Å². The van der Waals surface area contributed by atoms with Gasteiger partial charge in [-0.15, -0.1) is 0 Å². The second kappa shape index (κ2) is 4.68. The highest BCUT2D eigenvalue weighted by molar-refractivity contribution is 14.1. The molecule has 3 rings (SSSR count). The van der Waals surface area contributed by atoms with Gasteiger partial charge in [0.2, 0.25) is 0 Å². The Hall–Kier alpha value is -0.850. The molecule has 1 aromatic carbocycles. The van der Waals surface area contributed by atoms with Gasteiger partial charge in [-0.1, -0.05) is 35.3 Å². The maximum absolute atomic E-state index is 6.19. The van der Waals surface area contributed by atoms with Crippen LogP contribution in [0.2, 0.25) is 10.3 Å². The number of aromatic nitrogens is 3. The summed E-state index contributed by atoms with van der Waals surface area (Å²) in [6.07, 6.45) is 1.66. The lowest BCUT2D eigenvalue weighted by Gasteiger charge is -2.04. The average Bonchev–Trinajstić information content (AvgIpc) is 2.74. The van der Waals surface area contributed by atoms with Crippen molar-refractivity contribution >= 4 is 51.4 Å². The Kier molecular flexibility index (Phi) is 3.17.